The zero-order chi connectivity index (χ0) is 38.1. The predicted molar refractivity (Wildman–Crippen MR) is 197 cm³/mol. The van der Waals surface area contributed by atoms with Crippen molar-refractivity contribution in [3.05, 3.63) is 168 Å². The molecule has 12 nitrogen and oxygen atoms in total. The Bertz CT molecular complexity index is 1890. The van der Waals surface area contributed by atoms with Gasteiger partial charge in [-0.1, -0.05) is 121 Å². The molecule has 4 aromatic carbocycles. The van der Waals surface area contributed by atoms with Crippen molar-refractivity contribution >= 4 is 23.9 Å². The van der Waals surface area contributed by atoms with Crippen molar-refractivity contribution in [2.24, 2.45) is 0 Å². The van der Waals surface area contributed by atoms with Gasteiger partial charge in [0.25, 0.3) is 0 Å². The zero-order valence-electron chi connectivity index (χ0n) is 29.9. The molecule has 3 heterocycles. The van der Waals surface area contributed by atoms with E-state index in [9.17, 15) is 19.2 Å². The van der Waals surface area contributed by atoms with E-state index in [0.717, 1.165) is 46.6 Å². The fourth-order valence-electron chi connectivity index (χ4n) is 6.98. The number of fused-ring (bicyclic) bond motifs is 1. The van der Waals surface area contributed by atoms with E-state index in [1.54, 1.807) is 0 Å². The molecule has 0 atom stereocenters. The summed E-state index contributed by atoms with van der Waals surface area (Å²) in [6.07, 6.45) is 3.11. The lowest BCUT2D eigenvalue weighted by molar-refractivity contribution is -0.463. The number of hydrogen-bond donors (Lipinski definition) is 0. The molecule has 3 aliphatic heterocycles. The van der Waals surface area contributed by atoms with Crippen LogP contribution in [-0.4, -0.2) is 84.9 Å². The van der Waals surface area contributed by atoms with E-state index in [4.69, 9.17) is 28.4 Å². The Labute approximate surface area is 318 Å². The molecule has 2 spiro atoms. The molecule has 0 radical (unpaired) electrons. The minimum atomic E-state index is -2.57. The van der Waals surface area contributed by atoms with Crippen LogP contribution in [0.3, 0.4) is 0 Å². The Morgan fingerprint density at radius 2 is 0.764 bits per heavy atom. The molecule has 3 aliphatic rings. The first kappa shape index (κ1) is 37.4. The standard InChI is InChI=1S/C43H40N2O10/c46-36-22-23-37(47)53-42(52-36)43(54-38(48)24-25-39(49)55-43)45(29-31-51-41(34-18-9-3-10-19-34)35-20-11-4-12-21-35)28-27-44(42)26-13-30-50-40(32-14-5-1-6-15-32)33-16-7-2-8-17-33/h1-12,14-25,40-41H,13,26-31H2. The summed E-state index contributed by atoms with van der Waals surface area (Å²) in [6.45, 7) is 0.610. The van der Waals surface area contributed by atoms with Gasteiger partial charge in [0, 0.05) is 57.1 Å². The number of hydrogen-bond acceptors (Lipinski definition) is 12. The first-order valence-corrected chi connectivity index (χ1v) is 18.1. The lowest BCUT2D eigenvalue weighted by Gasteiger charge is -2.55. The SMILES string of the molecule is O=C1C=CC(=O)OC2(O1)N(CCCOC(c1ccccc1)c1ccccc1)CCN(CCOC(c1ccccc1)c1ccccc1)C21OC(=O)C=CC(=O)O1. The van der Waals surface area contributed by atoms with Crippen molar-refractivity contribution in [3.63, 3.8) is 0 Å². The molecule has 0 aromatic heterocycles. The van der Waals surface area contributed by atoms with Gasteiger partial charge in [-0.25, -0.2) is 29.0 Å². The summed E-state index contributed by atoms with van der Waals surface area (Å²) >= 11 is 0. The molecule has 0 bridgehead atoms. The second-order valence-corrected chi connectivity index (χ2v) is 13.0. The molecule has 1 fully saturated rings. The summed E-state index contributed by atoms with van der Waals surface area (Å²) < 4.78 is 36.7. The van der Waals surface area contributed by atoms with E-state index in [2.05, 4.69) is 0 Å². The number of benzene rings is 4. The smallest absolute Gasteiger partial charge is 0.397 e. The quantitative estimate of drug-likeness (QED) is 0.131. The maximum Gasteiger partial charge on any atom is 0.420 e. The Kier molecular flexibility index (Phi) is 11.6. The number of nitrogens with zero attached hydrogens (tertiary/aromatic N) is 2. The van der Waals surface area contributed by atoms with Crippen molar-refractivity contribution in [3.8, 4) is 0 Å². The Balaban J connectivity index is 1.17. The lowest BCUT2D eigenvalue weighted by Crippen LogP contribution is -2.80. The molecule has 0 aliphatic carbocycles. The van der Waals surface area contributed by atoms with Crippen LogP contribution in [0.15, 0.2) is 146 Å². The van der Waals surface area contributed by atoms with Crippen LogP contribution in [-0.2, 0) is 47.6 Å². The number of carbonyl (C=O) groups is 4. The van der Waals surface area contributed by atoms with E-state index in [1.165, 1.54) is 9.80 Å². The number of esters is 4. The van der Waals surface area contributed by atoms with Crippen molar-refractivity contribution < 1.29 is 47.6 Å². The fraction of sp³-hybridized carbons (Fsp3) is 0.256. The van der Waals surface area contributed by atoms with Gasteiger partial charge in [-0.3, -0.25) is 0 Å². The van der Waals surface area contributed by atoms with Crippen molar-refractivity contribution in [1.29, 1.82) is 0 Å². The van der Waals surface area contributed by atoms with E-state index in [-0.39, 0.29) is 45.5 Å². The highest BCUT2D eigenvalue weighted by atomic mass is 16.8. The maximum absolute atomic E-state index is 13.3. The highest BCUT2D eigenvalue weighted by Gasteiger charge is 2.74. The molecule has 55 heavy (non-hydrogen) atoms. The average Bonchev–Trinajstić information content (AvgIpc) is 3.47. The number of piperazine rings is 1. The van der Waals surface area contributed by atoms with Crippen LogP contribution in [0.25, 0.3) is 0 Å². The van der Waals surface area contributed by atoms with Gasteiger partial charge in [0.05, 0.1) is 6.61 Å². The summed E-state index contributed by atoms with van der Waals surface area (Å²) in [6, 6.07) is 38.9. The average molecular weight is 745 g/mol. The van der Waals surface area contributed by atoms with Gasteiger partial charge in [-0.2, -0.15) is 0 Å². The van der Waals surface area contributed by atoms with Crippen molar-refractivity contribution in [2.45, 2.75) is 30.5 Å². The first-order chi connectivity index (χ1) is 26.9. The molecule has 282 valence electrons. The van der Waals surface area contributed by atoms with Crippen LogP contribution < -0.4 is 0 Å². The molecule has 12 heteroatoms. The van der Waals surface area contributed by atoms with Crippen molar-refractivity contribution in [2.75, 3.05) is 39.4 Å². The van der Waals surface area contributed by atoms with Crippen LogP contribution >= 0.6 is 0 Å². The van der Waals surface area contributed by atoms with E-state index < -0.39 is 41.8 Å². The minimum Gasteiger partial charge on any atom is -0.397 e. The lowest BCUT2D eigenvalue weighted by atomic mass is 10.0. The van der Waals surface area contributed by atoms with Gasteiger partial charge in [0.2, 0.25) is 0 Å². The summed E-state index contributed by atoms with van der Waals surface area (Å²) in [4.78, 5) is 56.0. The third kappa shape index (κ3) is 8.27. The highest BCUT2D eigenvalue weighted by molar-refractivity contribution is 5.95. The van der Waals surface area contributed by atoms with Gasteiger partial charge in [-0.15, -0.1) is 0 Å². The molecule has 0 N–H and O–H groups in total. The predicted octanol–water partition coefficient (Wildman–Crippen LogP) is 5.23. The largest absolute Gasteiger partial charge is 0.420 e. The van der Waals surface area contributed by atoms with Gasteiger partial charge >= 0.3 is 35.7 Å². The topological polar surface area (TPSA) is 130 Å². The third-order valence-electron chi connectivity index (χ3n) is 9.45. The Morgan fingerprint density at radius 3 is 1.11 bits per heavy atom. The van der Waals surface area contributed by atoms with Crippen LogP contribution in [0.1, 0.15) is 40.9 Å². The van der Waals surface area contributed by atoms with Crippen LogP contribution in [0, 0.1) is 0 Å². The normalized spacial score (nSPS) is 18.1. The molecule has 4 aromatic rings. The molecule has 7 rings (SSSR count). The maximum atomic E-state index is 13.3. The molecule has 0 unspecified atom stereocenters. The Morgan fingerprint density at radius 1 is 0.455 bits per heavy atom. The second-order valence-electron chi connectivity index (χ2n) is 13.0. The molecule has 0 saturated carbocycles. The van der Waals surface area contributed by atoms with Gasteiger partial charge in [0.15, 0.2) is 0 Å². The Hall–Kier alpha value is -5.92. The monoisotopic (exact) mass is 744 g/mol. The summed E-state index contributed by atoms with van der Waals surface area (Å²) in [5.41, 5.74) is 3.74. The number of ether oxygens (including phenoxy) is 6. The third-order valence-corrected chi connectivity index (χ3v) is 9.45. The molecule has 0 amide bonds. The number of rotatable bonds is 13. The molecular weight excluding hydrogens is 704 g/mol. The van der Waals surface area contributed by atoms with E-state index >= 15 is 0 Å². The van der Waals surface area contributed by atoms with Crippen molar-refractivity contribution in [1.82, 2.24) is 9.80 Å². The zero-order valence-corrected chi connectivity index (χ0v) is 29.9. The van der Waals surface area contributed by atoms with Gasteiger partial charge in [-0.05, 0) is 28.7 Å². The van der Waals surface area contributed by atoms with Gasteiger partial charge < -0.3 is 28.4 Å². The molecular formula is C43H40N2O10. The minimum absolute atomic E-state index is 0.00616. The van der Waals surface area contributed by atoms with E-state index in [1.807, 2.05) is 121 Å². The molecule has 1 saturated heterocycles. The van der Waals surface area contributed by atoms with Crippen LogP contribution in [0.4, 0.5) is 0 Å². The fourth-order valence-corrected chi connectivity index (χ4v) is 6.98. The van der Waals surface area contributed by atoms with Crippen LogP contribution in [0.2, 0.25) is 0 Å². The van der Waals surface area contributed by atoms with Gasteiger partial charge in [0.1, 0.15) is 12.2 Å². The first-order valence-electron chi connectivity index (χ1n) is 18.1. The highest BCUT2D eigenvalue weighted by Crippen LogP contribution is 2.44. The summed E-state index contributed by atoms with van der Waals surface area (Å²) in [5.74, 6) is -9.05. The number of carbonyl (C=O) groups excluding carboxylic acids is 4. The summed E-state index contributed by atoms with van der Waals surface area (Å²) in [5, 5.41) is 0. The van der Waals surface area contributed by atoms with E-state index in [0.29, 0.717) is 6.42 Å². The second kappa shape index (κ2) is 17.0. The van der Waals surface area contributed by atoms with Crippen LogP contribution in [0.5, 0.6) is 0 Å². The summed E-state index contributed by atoms with van der Waals surface area (Å²) in [7, 11) is 0.